The van der Waals surface area contributed by atoms with Crippen LogP contribution in [-0.4, -0.2) is 40.8 Å². The van der Waals surface area contributed by atoms with Gasteiger partial charge in [0, 0.05) is 31.0 Å². The van der Waals surface area contributed by atoms with Crippen molar-refractivity contribution in [1.29, 1.82) is 0 Å². The van der Waals surface area contributed by atoms with Crippen molar-refractivity contribution in [3.8, 4) is 0 Å². The van der Waals surface area contributed by atoms with Gasteiger partial charge in [-0.25, -0.2) is 14.3 Å². The Hall–Kier alpha value is -2.55. The summed E-state index contributed by atoms with van der Waals surface area (Å²) in [7, 11) is 0. The summed E-state index contributed by atoms with van der Waals surface area (Å²) in [6.07, 6.45) is 0.409. The first kappa shape index (κ1) is 23.7. The molecule has 2 atom stereocenters. The molecule has 166 valence electrons. The van der Waals surface area contributed by atoms with Gasteiger partial charge in [-0.1, -0.05) is 26.0 Å². The topological polar surface area (TPSA) is 87.7 Å². The molecule has 1 aliphatic heterocycles. The summed E-state index contributed by atoms with van der Waals surface area (Å²) in [5, 5.41) is 2.68. The smallest absolute Gasteiger partial charge is 0.266 e. The molecular formula is C21H29F2N3O4. The zero-order chi connectivity index (χ0) is 22.4. The third-order valence-corrected chi connectivity index (χ3v) is 4.91. The normalized spacial score (nSPS) is 17.5. The first-order chi connectivity index (χ1) is 14.1. The quantitative estimate of drug-likeness (QED) is 0.595. The van der Waals surface area contributed by atoms with E-state index in [1.807, 2.05) is 0 Å². The molecule has 9 heteroatoms. The number of likely N-dealkylation sites (tertiary alicyclic amines) is 1. The molecular weight excluding hydrogens is 396 g/mol. The average Bonchev–Trinajstić information content (AvgIpc) is 3.00. The Morgan fingerprint density at radius 2 is 1.93 bits per heavy atom. The third-order valence-electron chi connectivity index (χ3n) is 4.91. The van der Waals surface area contributed by atoms with Crippen molar-refractivity contribution in [3.63, 3.8) is 0 Å². The predicted molar refractivity (Wildman–Crippen MR) is 106 cm³/mol. The van der Waals surface area contributed by atoms with Gasteiger partial charge in [0.1, 0.15) is 6.04 Å². The standard InChI is InChI=1S/C21H29F2N3O4/c1-12(2)20(21(29)25-30-13(3)4)24-17(27)10-15-8-9-18(28)26(15)11-14-6-5-7-16(22)19(14)23/h5-7,12-13,15,20H,8-11H2,1-4H3,(H,24,27)(H,25,29)/t15-,20-/m0/s1. The second kappa shape index (κ2) is 10.5. The molecule has 0 radical (unpaired) electrons. The van der Waals surface area contributed by atoms with Gasteiger partial charge in [-0.3, -0.25) is 19.2 Å². The molecule has 2 N–H and O–H groups in total. The van der Waals surface area contributed by atoms with Crippen LogP contribution in [0.1, 0.15) is 52.5 Å². The van der Waals surface area contributed by atoms with E-state index in [2.05, 4.69) is 10.8 Å². The summed E-state index contributed by atoms with van der Waals surface area (Å²) in [6, 6.07) is 2.54. The van der Waals surface area contributed by atoms with Gasteiger partial charge in [0.05, 0.1) is 6.10 Å². The van der Waals surface area contributed by atoms with E-state index in [9.17, 15) is 23.2 Å². The minimum Gasteiger partial charge on any atom is -0.344 e. The number of carbonyl (C=O) groups is 3. The number of carbonyl (C=O) groups excluding carboxylic acids is 3. The van der Waals surface area contributed by atoms with E-state index in [0.717, 1.165) is 6.07 Å². The maximum absolute atomic E-state index is 14.0. The molecule has 0 unspecified atom stereocenters. The maximum atomic E-state index is 14.0. The number of hydrogen-bond donors (Lipinski definition) is 2. The summed E-state index contributed by atoms with van der Waals surface area (Å²) in [5.41, 5.74) is 2.38. The van der Waals surface area contributed by atoms with Crippen LogP contribution in [-0.2, 0) is 25.8 Å². The predicted octanol–water partition coefficient (Wildman–Crippen LogP) is 2.44. The van der Waals surface area contributed by atoms with Gasteiger partial charge in [0.15, 0.2) is 11.6 Å². The minimum absolute atomic E-state index is 0.0375. The minimum atomic E-state index is -0.998. The molecule has 0 spiro atoms. The van der Waals surface area contributed by atoms with Gasteiger partial charge in [-0.05, 0) is 32.3 Å². The Balaban J connectivity index is 2.02. The lowest BCUT2D eigenvalue weighted by atomic mass is 10.0. The van der Waals surface area contributed by atoms with Crippen LogP contribution >= 0.6 is 0 Å². The van der Waals surface area contributed by atoms with Gasteiger partial charge in [0.25, 0.3) is 5.91 Å². The fourth-order valence-electron chi connectivity index (χ4n) is 3.30. The molecule has 1 heterocycles. The molecule has 0 aliphatic carbocycles. The molecule has 0 saturated carbocycles. The molecule has 2 rings (SSSR count). The molecule has 30 heavy (non-hydrogen) atoms. The zero-order valence-electron chi connectivity index (χ0n) is 17.7. The van der Waals surface area contributed by atoms with Crippen LogP contribution in [0.5, 0.6) is 0 Å². The van der Waals surface area contributed by atoms with Crippen LogP contribution in [0, 0.1) is 17.6 Å². The number of nitrogens with zero attached hydrogens (tertiary/aromatic N) is 1. The Morgan fingerprint density at radius 1 is 1.23 bits per heavy atom. The summed E-state index contributed by atoms with van der Waals surface area (Å²) in [4.78, 5) is 43.6. The number of hydrogen-bond acceptors (Lipinski definition) is 4. The van der Waals surface area contributed by atoms with Crippen LogP contribution in [0.15, 0.2) is 18.2 Å². The van der Waals surface area contributed by atoms with Crippen LogP contribution in [0.25, 0.3) is 0 Å². The van der Waals surface area contributed by atoms with Crippen molar-refractivity contribution in [2.24, 2.45) is 5.92 Å². The lowest BCUT2D eigenvalue weighted by Crippen LogP contribution is -2.51. The lowest BCUT2D eigenvalue weighted by Gasteiger charge is -2.27. The molecule has 1 fully saturated rings. The van der Waals surface area contributed by atoms with E-state index in [1.54, 1.807) is 27.7 Å². The maximum Gasteiger partial charge on any atom is 0.266 e. The number of nitrogens with one attached hydrogen (secondary N) is 2. The fourth-order valence-corrected chi connectivity index (χ4v) is 3.30. The monoisotopic (exact) mass is 425 g/mol. The van der Waals surface area contributed by atoms with Crippen molar-refractivity contribution in [1.82, 2.24) is 15.7 Å². The summed E-state index contributed by atoms with van der Waals surface area (Å²) in [6.45, 7) is 6.99. The molecule has 0 aromatic heterocycles. The highest BCUT2D eigenvalue weighted by Crippen LogP contribution is 2.25. The number of amides is 3. The molecule has 1 saturated heterocycles. The lowest BCUT2D eigenvalue weighted by molar-refractivity contribution is -0.142. The van der Waals surface area contributed by atoms with E-state index >= 15 is 0 Å². The number of hydroxylamine groups is 1. The molecule has 0 bridgehead atoms. The van der Waals surface area contributed by atoms with Crippen LogP contribution in [0.2, 0.25) is 0 Å². The summed E-state index contributed by atoms with van der Waals surface area (Å²) < 4.78 is 27.5. The highest BCUT2D eigenvalue weighted by Gasteiger charge is 2.34. The van der Waals surface area contributed by atoms with Crippen molar-refractivity contribution in [2.75, 3.05) is 0 Å². The van der Waals surface area contributed by atoms with Gasteiger partial charge < -0.3 is 10.2 Å². The molecule has 1 aromatic carbocycles. The van der Waals surface area contributed by atoms with Crippen molar-refractivity contribution in [3.05, 3.63) is 35.4 Å². The van der Waals surface area contributed by atoms with Crippen molar-refractivity contribution < 1.29 is 28.0 Å². The number of halogens is 2. The van der Waals surface area contributed by atoms with Gasteiger partial charge in [-0.2, -0.15) is 0 Å². The highest BCUT2D eigenvalue weighted by molar-refractivity contribution is 5.88. The fraction of sp³-hybridized carbons (Fsp3) is 0.571. The Morgan fingerprint density at radius 3 is 2.57 bits per heavy atom. The van der Waals surface area contributed by atoms with Gasteiger partial charge >= 0.3 is 0 Å². The Kier molecular flexibility index (Phi) is 8.28. The van der Waals surface area contributed by atoms with E-state index in [4.69, 9.17) is 4.84 Å². The summed E-state index contributed by atoms with van der Waals surface area (Å²) >= 11 is 0. The van der Waals surface area contributed by atoms with Crippen molar-refractivity contribution >= 4 is 17.7 Å². The van der Waals surface area contributed by atoms with Gasteiger partial charge in [0.2, 0.25) is 11.8 Å². The first-order valence-corrected chi connectivity index (χ1v) is 10.1. The summed E-state index contributed by atoms with van der Waals surface area (Å²) in [5.74, 6) is -3.26. The van der Waals surface area contributed by atoms with E-state index in [0.29, 0.717) is 6.42 Å². The number of rotatable bonds is 9. The third kappa shape index (κ3) is 6.22. The SMILES string of the molecule is CC(C)ONC(=O)[C@@H](NC(=O)C[C@@H]1CCC(=O)N1Cc1cccc(F)c1F)C(C)C. The van der Waals surface area contributed by atoms with Crippen molar-refractivity contribution in [2.45, 2.75) is 71.7 Å². The van der Waals surface area contributed by atoms with E-state index < -0.39 is 35.5 Å². The molecule has 1 aliphatic rings. The molecule has 3 amide bonds. The first-order valence-electron chi connectivity index (χ1n) is 10.1. The van der Waals surface area contributed by atoms with E-state index in [-0.39, 0.29) is 42.9 Å². The second-order valence-electron chi connectivity index (χ2n) is 8.05. The number of benzene rings is 1. The van der Waals surface area contributed by atoms with Crippen LogP contribution in [0.3, 0.4) is 0 Å². The molecule has 7 nitrogen and oxygen atoms in total. The molecule has 1 aromatic rings. The van der Waals surface area contributed by atoms with E-state index in [1.165, 1.54) is 17.0 Å². The average molecular weight is 425 g/mol. The van der Waals surface area contributed by atoms with Crippen LogP contribution < -0.4 is 10.8 Å². The Bertz CT molecular complexity index is 786. The zero-order valence-corrected chi connectivity index (χ0v) is 17.7. The Labute approximate surface area is 175 Å². The van der Waals surface area contributed by atoms with Gasteiger partial charge in [-0.15, -0.1) is 0 Å². The second-order valence-corrected chi connectivity index (χ2v) is 8.05. The highest BCUT2D eigenvalue weighted by atomic mass is 19.2. The largest absolute Gasteiger partial charge is 0.344 e. The van der Waals surface area contributed by atoms with Crippen LogP contribution in [0.4, 0.5) is 8.78 Å².